The fraction of sp³-hybridized carbons (Fsp3) is 0.579. The SMILES string of the molecule is O=C(CCn1c(C2CC2)nc2ccccc21)N1CCCCCC1. The fourth-order valence-electron chi connectivity index (χ4n) is 3.67. The summed E-state index contributed by atoms with van der Waals surface area (Å²) in [6.07, 6.45) is 7.93. The van der Waals surface area contributed by atoms with Crippen LogP contribution in [-0.4, -0.2) is 33.4 Å². The molecular formula is C19H25N3O. The van der Waals surface area contributed by atoms with Gasteiger partial charge >= 0.3 is 0 Å². The lowest BCUT2D eigenvalue weighted by Crippen LogP contribution is -2.32. The van der Waals surface area contributed by atoms with Crippen LogP contribution in [-0.2, 0) is 11.3 Å². The number of benzene rings is 1. The van der Waals surface area contributed by atoms with Crippen LogP contribution < -0.4 is 0 Å². The minimum atomic E-state index is 0.312. The van der Waals surface area contributed by atoms with Gasteiger partial charge in [0.15, 0.2) is 0 Å². The maximum atomic E-state index is 12.6. The summed E-state index contributed by atoms with van der Waals surface area (Å²) in [7, 11) is 0. The fourth-order valence-corrected chi connectivity index (χ4v) is 3.67. The molecule has 1 amide bonds. The Morgan fingerprint density at radius 2 is 1.83 bits per heavy atom. The van der Waals surface area contributed by atoms with Crippen molar-refractivity contribution in [2.24, 2.45) is 0 Å². The van der Waals surface area contributed by atoms with E-state index in [-0.39, 0.29) is 0 Å². The Morgan fingerprint density at radius 3 is 2.57 bits per heavy atom. The predicted molar refractivity (Wildman–Crippen MR) is 91.4 cm³/mol. The number of carbonyl (C=O) groups is 1. The van der Waals surface area contributed by atoms with Crippen LogP contribution in [0.25, 0.3) is 11.0 Å². The van der Waals surface area contributed by atoms with Gasteiger partial charge in [-0.1, -0.05) is 25.0 Å². The zero-order chi connectivity index (χ0) is 15.6. The zero-order valence-corrected chi connectivity index (χ0v) is 13.7. The van der Waals surface area contributed by atoms with Crippen LogP contribution in [0.3, 0.4) is 0 Å². The van der Waals surface area contributed by atoms with Gasteiger partial charge in [-0.25, -0.2) is 4.98 Å². The number of fused-ring (bicyclic) bond motifs is 1. The van der Waals surface area contributed by atoms with E-state index in [1.54, 1.807) is 0 Å². The number of aromatic nitrogens is 2. The lowest BCUT2D eigenvalue weighted by Gasteiger charge is -2.20. The molecule has 1 aromatic carbocycles. The molecule has 2 aliphatic rings. The van der Waals surface area contributed by atoms with Gasteiger partial charge in [-0.15, -0.1) is 0 Å². The summed E-state index contributed by atoms with van der Waals surface area (Å²) in [5.74, 6) is 2.11. The molecule has 4 nitrogen and oxygen atoms in total. The van der Waals surface area contributed by atoms with Crippen molar-refractivity contribution in [3.63, 3.8) is 0 Å². The summed E-state index contributed by atoms with van der Waals surface area (Å²) in [5, 5.41) is 0. The number of hydrogen-bond acceptors (Lipinski definition) is 2. The number of rotatable bonds is 4. The summed E-state index contributed by atoms with van der Waals surface area (Å²) in [6.45, 7) is 2.65. The quantitative estimate of drug-likeness (QED) is 0.863. The number of likely N-dealkylation sites (tertiary alicyclic amines) is 1. The van der Waals surface area contributed by atoms with Crippen LogP contribution in [0.15, 0.2) is 24.3 Å². The van der Waals surface area contributed by atoms with Gasteiger partial charge in [-0.05, 0) is 37.8 Å². The average molecular weight is 311 g/mol. The van der Waals surface area contributed by atoms with Crippen LogP contribution >= 0.6 is 0 Å². The third-order valence-corrected chi connectivity index (χ3v) is 5.13. The molecule has 1 saturated heterocycles. The van der Waals surface area contributed by atoms with Gasteiger partial charge in [0.1, 0.15) is 5.82 Å². The van der Waals surface area contributed by atoms with Gasteiger partial charge in [0, 0.05) is 32.0 Å². The van der Waals surface area contributed by atoms with Crippen LogP contribution in [0.1, 0.15) is 56.7 Å². The predicted octanol–water partition coefficient (Wildman–Crippen LogP) is 3.71. The zero-order valence-electron chi connectivity index (χ0n) is 13.7. The highest BCUT2D eigenvalue weighted by Gasteiger charge is 2.29. The first-order chi connectivity index (χ1) is 11.3. The van der Waals surface area contributed by atoms with E-state index in [9.17, 15) is 4.79 Å². The van der Waals surface area contributed by atoms with Crippen molar-refractivity contribution in [1.82, 2.24) is 14.5 Å². The van der Waals surface area contributed by atoms with Gasteiger partial charge in [-0.3, -0.25) is 4.79 Å². The number of imidazole rings is 1. The van der Waals surface area contributed by atoms with Crippen molar-refractivity contribution < 1.29 is 4.79 Å². The van der Waals surface area contributed by atoms with Gasteiger partial charge in [0.05, 0.1) is 11.0 Å². The molecule has 0 unspecified atom stereocenters. The summed E-state index contributed by atoms with van der Waals surface area (Å²) in [5.41, 5.74) is 2.25. The Bertz CT molecular complexity index is 694. The first-order valence-corrected chi connectivity index (χ1v) is 9.06. The molecule has 1 aliphatic heterocycles. The second-order valence-electron chi connectivity index (χ2n) is 6.93. The molecule has 23 heavy (non-hydrogen) atoms. The molecule has 0 N–H and O–H groups in total. The number of amides is 1. The normalized spacial score (nSPS) is 19.0. The maximum Gasteiger partial charge on any atom is 0.224 e. The molecule has 0 atom stereocenters. The van der Waals surface area contributed by atoms with Gasteiger partial charge < -0.3 is 9.47 Å². The van der Waals surface area contributed by atoms with Crippen LogP contribution in [0.5, 0.6) is 0 Å². The van der Waals surface area contributed by atoms with Gasteiger partial charge in [-0.2, -0.15) is 0 Å². The molecule has 1 aromatic heterocycles. The second-order valence-corrected chi connectivity index (χ2v) is 6.93. The molecule has 2 aromatic rings. The van der Waals surface area contributed by atoms with Crippen LogP contribution in [0.2, 0.25) is 0 Å². The third kappa shape index (κ3) is 3.12. The first-order valence-electron chi connectivity index (χ1n) is 9.06. The number of nitrogens with zero attached hydrogens (tertiary/aromatic N) is 3. The van der Waals surface area contributed by atoms with Crippen molar-refractivity contribution in [2.45, 2.75) is 57.4 Å². The van der Waals surface area contributed by atoms with E-state index in [4.69, 9.17) is 4.98 Å². The number of aryl methyl sites for hydroxylation is 1. The minimum Gasteiger partial charge on any atom is -0.343 e. The van der Waals surface area contributed by atoms with Gasteiger partial charge in [0.25, 0.3) is 0 Å². The molecular weight excluding hydrogens is 286 g/mol. The Hall–Kier alpha value is -1.84. The highest BCUT2D eigenvalue weighted by molar-refractivity contribution is 5.78. The van der Waals surface area contributed by atoms with E-state index in [0.717, 1.165) is 38.0 Å². The minimum absolute atomic E-state index is 0.312. The molecule has 2 fully saturated rings. The number of hydrogen-bond donors (Lipinski definition) is 0. The standard InChI is InChI=1S/C19H25N3O/c23-18(21-12-5-1-2-6-13-21)11-14-22-17-8-4-3-7-16(17)20-19(22)15-9-10-15/h3-4,7-8,15H,1-2,5-6,9-14H2. The van der Waals surface area contributed by atoms with Crippen molar-refractivity contribution in [3.8, 4) is 0 Å². The summed E-state index contributed by atoms with van der Waals surface area (Å²) in [4.78, 5) is 19.5. The molecule has 4 heteroatoms. The number of carbonyl (C=O) groups excluding carboxylic acids is 1. The Morgan fingerprint density at radius 1 is 1.09 bits per heavy atom. The number of para-hydroxylation sites is 2. The molecule has 0 spiro atoms. The summed E-state index contributed by atoms with van der Waals surface area (Å²) in [6, 6.07) is 8.31. The molecule has 0 bridgehead atoms. The second kappa shape index (κ2) is 6.34. The van der Waals surface area contributed by atoms with E-state index in [2.05, 4.69) is 27.7 Å². The molecule has 4 rings (SSSR count). The van der Waals surface area contributed by atoms with E-state index < -0.39 is 0 Å². The summed E-state index contributed by atoms with van der Waals surface area (Å²) >= 11 is 0. The van der Waals surface area contributed by atoms with E-state index in [1.807, 2.05) is 6.07 Å². The lowest BCUT2D eigenvalue weighted by molar-refractivity contribution is -0.131. The van der Waals surface area contributed by atoms with Crippen molar-refractivity contribution in [3.05, 3.63) is 30.1 Å². The monoisotopic (exact) mass is 311 g/mol. The molecule has 0 radical (unpaired) electrons. The Labute approximate surface area is 137 Å². The van der Waals surface area contributed by atoms with Crippen LogP contribution in [0, 0.1) is 0 Å². The smallest absolute Gasteiger partial charge is 0.224 e. The molecule has 2 heterocycles. The van der Waals surface area contributed by atoms with Crippen molar-refractivity contribution >= 4 is 16.9 Å². The highest BCUT2D eigenvalue weighted by Crippen LogP contribution is 2.40. The molecule has 122 valence electrons. The van der Waals surface area contributed by atoms with Crippen molar-refractivity contribution in [2.75, 3.05) is 13.1 Å². The third-order valence-electron chi connectivity index (χ3n) is 5.13. The summed E-state index contributed by atoms with van der Waals surface area (Å²) < 4.78 is 2.29. The Kier molecular flexibility index (Phi) is 4.06. The topological polar surface area (TPSA) is 38.1 Å². The maximum absolute atomic E-state index is 12.6. The highest BCUT2D eigenvalue weighted by atomic mass is 16.2. The van der Waals surface area contributed by atoms with E-state index in [0.29, 0.717) is 18.2 Å². The Balaban J connectivity index is 1.50. The molecule has 1 saturated carbocycles. The van der Waals surface area contributed by atoms with Gasteiger partial charge in [0.2, 0.25) is 5.91 Å². The molecule has 1 aliphatic carbocycles. The van der Waals surface area contributed by atoms with E-state index in [1.165, 1.54) is 37.0 Å². The largest absolute Gasteiger partial charge is 0.343 e. The van der Waals surface area contributed by atoms with Crippen LogP contribution in [0.4, 0.5) is 0 Å². The average Bonchev–Trinajstić information content (AvgIpc) is 3.38. The first kappa shape index (κ1) is 14.7. The lowest BCUT2D eigenvalue weighted by atomic mass is 10.2. The van der Waals surface area contributed by atoms with E-state index >= 15 is 0 Å². The van der Waals surface area contributed by atoms with Crippen molar-refractivity contribution in [1.29, 1.82) is 0 Å².